The van der Waals surface area contributed by atoms with E-state index in [0.29, 0.717) is 5.56 Å². The number of pyridine rings is 1. The van der Waals surface area contributed by atoms with Crippen LogP contribution in [0, 0.1) is 11.3 Å². The zero-order valence-corrected chi connectivity index (χ0v) is 8.83. The molecule has 1 rings (SSSR count). The van der Waals surface area contributed by atoms with Gasteiger partial charge in [0.1, 0.15) is 0 Å². The molecular formula is C10H10F2N2O2. The average Bonchev–Trinajstić information content (AvgIpc) is 2.28. The number of hydrogen-bond donors (Lipinski definition) is 0. The third kappa shape index (κ3) is 2.19. The largest absolute Gasteiger partial charge is 0.492 e. The maximum Gasteiger partial charge on any atom is 0.284 e. The second-order valence-electron chi connectivity index (χ2n) is 2.87. The van der Waals surface area contributed by atoms with E-state index < -0.39 is 12.1 Å². The molecule has 0 unspecified atom stereocenters. The fraction of sp³-hybridized carbons (Fsp3) is 0.400. The lowest BCUT2D eigenvalue weighted by Crippen LogP contribution is -2.02. The molecule has 0 aliphatic rings. The molecule has 0 radical (unpaired) electrons. The molecule has 0 fully saturated rings. The van der Waals surface area contributed by atoms with Crippen LogP contribution in [0.15, 0.2) is 6.20 Å². The first-order valence-electron chi connectivity index (χ1n) is 4.40. The smallest absolute Gasteiger partial charge is 0.284 e. The standard InChI is InChI=1S/C10H10F2N2O2/c1-15-8-6(3-4-13)5-14-7(10(11)12)9(8)16-2/h5,10H,3H2,1-2H3. The summed E-state index contributed by atoms with van der Waals surface area (Å²) in [5.74, 6) is 0.0135. The van der Waals surface area contributed by atoms with Gasteiger partial charge < -0.3 is 9.47 Å². The number of hydrogen-bond acceptors (Lipinski definition) is 4. The van der Waals surface area contributed by atoms with Gasteiger partial charge in [0.25, 0.3) is 6.43 Å². The Balaban J connectivity index is 3.35. The van der Waals surface area contributed by atoms with Crippen molar-refractivity contribution in [2.75, 3.05) is 14.2 Å². The van der Waals surface area contributed by atoms with Crippen LogP contribution in [0.5, 0.6) is 11.5 Å². The number of rotatable bonds is 4. The summed E-state index contributed by atoms with van der Waals surface area (Å²) in [6.45, 7) is 0. The highest BCUT2D eigenvalue weighted by atomic mass is 19.3. The Morgan fingerprint density at radius 3 is 2.44 bits per heavy atom. The molecule has 0 aliphatic carbocycles. The summed E-state index contributed by atoms with van der Waals surface area (Å²) >= 11 is 0. The summed E-state index contributed by atoms with van der Waals surface area (Å²) in [4.78, 5) is 3.57. The molecule has 1 aromatic heterocycles. The van der Waals surface area contributed by atoms with E-state index in [0.717, 1.165) is 0 Å². The molecule has 1 aromatic rings. The SMILES string of the molecule is COc1c(CC#N)cnc(C(F)F)c1OC. The molecule has 0 spiro atoms. The number of alkyl halides is 2. The van der Waals surface area contributed by atoms with Crippen molar-refractivity contribution in [1.82, 2.24) is 4.98 Å². The van der Waals surface area contributed by atoms with Gasteiger partial charge >= 0.3 is 0 Å². The average molecular weight is 228 g/mol. The van der Waals surface area contributed by atoms with Crippen molar-refractivity contribution < 1.29 is 18.3 Å². The van der Waals surface area contributed by atoms with Crippen molar-refractivity contribution in [3.05, 3.63) is 17.5 Å². The van der Waals surface area contributed by atoms with E-state index in [4.69, 9.17) is 14.7 Å². The lowest BCUT2D eigenvalue weighted by Gasteiger charge is -2.13. The van der Waals surface area contributed by atoms with Crippen molar-refractivity contribution in [3.8, 4) is 17.6 Å². The first-order chi connectivity index (χ1) is 7.65. The molecule has 0 amide bonds. The monoisotopic (exact) mass is 228 g/mol. The van der Waals surface area contributed by atoms with Crippen LogP contribution in [-0.4, -0.2) is 19.2 Å². The van der Waals surface area contributed by atoms with Gasteiger partial charge in [-0.05, 0) is 0 Å². The lowest BCUT2D eigenvalue weighted by molar-refractivity contribution is 0.140. The topological polar surface area (TPSA) is 55.1 Å². The van der Waals surface area contributed by atoms with E-state index in [1.165, 1.54) is 20.4 Å². The minimum Gasteiger partial charge on any atom is -0.492 e. The van der Waals surface area contributed by atoms with Crippen LogP contribution in [0.4, 0.5) is 8.78 Å². The van der Waals surface area contributed by atoms with Gasteiger partial charge in [0.15, 0.2) is 17.2 Å². The van der Waals surface area contributed by atoms with Crippen molar-refractivity contribution in [2.24, 2.45) is 0 Å². The minimum atomic E-state index is -2.75. The van der Waals surface area contributed by atoms with Crippen LogP contribution in [0.25, 0.3) is 0 Å². The van der Waals surface area contributed by atoms with Gasteiger partial charge in [-0.15, -0.1) is 0 Å². The number of aromatic nitrogens is 1. The highest BCUT2D eigenvalue weighted by Crippen LogP contribution is 2.37. The molecule has 16 heavy (non-hydrogen) atoms. The summed E-state index contributed by atoms with van der Waals surface area (Å²) < 4.78 is 35.0. The van der Waals surface area contributed by atoms with Crippen LogP contribution in [0.2, 0.25) is 0 Å². The first kappa shape index (κ1) is 12.2. The summed E-state index contributed by atoms with van der Waals surface area (Å²) in [6, 6.07) is 1.90. The summed E-state index contributed by atoms with van der Waals surface area (Å²) in [6.07, 6.45) is -1.53. The maximum atomic E-state index is 12.6. The Morgan fingerprint density at radius 2 is 2.00 bits per heavy atom. The molecule has 4 nitrogen and oxygen atoms in total. The Kier molecular flexibility index (Phi) is 4.00. The summed E-state index contributed by atoms with van der Waals surface area (Å²) in [7, 11) is 2.58. The van der Waals surface area contributed by atoms with Crippen molar-refractivity contribution in [1.29, 1.82) is 5.26 Å². The molecule has 1 heterocycles. The maximum absolute atomic E-state index is 12.6. The van der Waals surface area contributed by atoms with Gasteiger partial charge in [0, 0.05) is 11.8 Å². The number of ether oxygens (including phenoxy) is 2. The van der Waals surface area contributed by atoms with Gasteiger partial charge in [0.2, 0.25) is 0 Å². The number of halogens is 2. The number of nitriles is 1. The minimum absolute atomic E-state index is 0.0239. The first-order valence-corrected chi connectivity index (χ1v) is 4.40. The van der Waals surface area contributed by atoms with E-state index >= 15 is 0 Å². The Bertz CT molecular complexity index is 416. The molecule has 0 N–H and O–H groups in total. The van der Waals surface area contributed by atoms with E-state index in [1.54, 1.807) is 0 Å². The molecule has 0 aromatic carbocycles. The predicted octanol–water partition coefficient (Wildman–Crippen LogP) is 2.10. The number of nitrogens with zero attached hydrogens (tertiary/aromatic N) is 2. The van der Waals surface area contributed by atoms with Crippen LogP contribution >= 0.6 is 0 Å². The molecule has 0 bridgehead atoms. The zero-order valence-electron chi connectivity index (χ0n) is 8.83. The highest BCUT2D eigenvalue weighted by Gasteiger charge is 2.22. The Hall–Kier alpha value is -1.90. The van der Waals surface area contributed by atoms with Gasteiger partial charge in [-0.2, -0.15) is 5.26 Å². The number of methoxy groups -OCH3 is 2. The second kappa shape index (κ2) is 5.26. The Morgan fingerprint density at radius 1 is 1.38 bits per heavy atom. The summed E-state index contributed by atoms with van der Waals surface area (Å²) in [5, 5.41) is 8.56. The third-order valence-electron chi connectivity index (χ3n) is 1.97. The summed E-state index contributed by atoms with van der Waals surface area (Å²) in [5.41, 5.74) is -0.0627. The van der Waals surface area contributed by atoms with Gasteiger partial charge in [-0.1, -0.05) is 0 Å². The van der Waals surface area contributed by atoms with Crippen molar-refractivity contribution in [3.63, 3.8) is 0 Å². The Labute approximate surface area is 91.4 Å². The molecule has 0 aliphatic heterocycles. The van der Waals surface area contributed by atoms with Gasteiger partial charge in [-0.3, -0.25) is 4.98 Å². The lowest BCUT2D eigenvalue weighted by atomic mass is 10.1. The highest BCUT2D eigenvalue weighted by molar-refractivity contribution is 5.49. The predicted molar refractivity (Wildman–Crippen MR) is 51.6 cm³/mol. The van der Waals surface area contributed by atoms with E-state index in [9.17, 15) is 8.78 Å². The van der Waals surface area contributed by atoms with E-state index in [2.05, 4.69) is 4.98 Å². The van der Waals surface area contributed by atoms with Crippen LogP contribution in [0.3, 0.4) is 0 Å². The second-order valence-corrected chi connectivity index (χ2v) is 2.87. The van der Waals surface area contributed by atoms with Gasteiger partial charge in [0.05, 0.1) is 26.7 Å². The van der Waals surface area contributed by atoms with E-state index in [-0.39, 0.29) is 17.9 Å². The molecule has 0 saturated carbocycles. The normalized spacial score (nSPS) is 10.0. The quantitative estimate of drug-likeness (QED) is 0.791. The zero-order chi connectivity index (χ0) is 12.1. The van der Waals surface area contributed by atoms with Crippen molar-refractivity contribution >= 4 is 0 Å². The van der Waals surface area contributed by atoms with Crippen LogP contribution in [0.1, 0.15) is 17.7 Å². The molecule has 0 atom stereocenters. The van der Waals surface area contributed by atoms with Crippen LogP contribution < -0.4 is 9.47 Å². The van der Waals surface area contributed by atoms with Crippen molar-refractivity contribution in [2.45, 2.75) is 12.8 Å². The van der Waals surface area contributed by atoms with Crippen LogP contribution in [-0.2, 0) is 6.42 Å². The third-order valence-corrected chi connectivity index (χ3v) is 1.97. The molecular weight excluding hydrogens is 218 g/mol. The van der Waals surface area contributed by atoms with E-state index in [1.807, 2.05) is 6.07 Å². The molecule has 6 heteroatoms. The fourth-order valence-electron chi connectivity index (χ4n) is 1.31. The molecule has 86 valence electrons. The van der Waals surface area contributed by atoms with Gasteiger partial charge in [-0.25, -0.2) is 8.78 Å². The fourth-order valence-corrected chi connectivity index (χ4v) is 1.31. The molecule has 0 saturated heterocycles.